The summed E-state index contributed by atoms with van der Waals surface area (Å²) in [7, 11) is 2.23. The Hall–Kier alpha value is -2.06. The topological polar surface area (TPSA) is 19.0 Å². The van der Waals surface area contributed by atoms with Crippen LogP contribution in [0.5, 0.6) is 0 Å². The molecule has 0 spiro atoms. The van der Waals surface area contributed by atoms with Gasteiger partial charge in [0.1, 0.15) is 0 Å². The van der Waals surface area contributed by atoms with Gasteiger partial charge >= 0.3 is 0 Å². The van der Waals surface area contributed by atoms with E-state index in [1.165, 1.54) is 27.7 Å². The maximum Gasteiger partial charge on any atom is 0.0459 e. The van der Waals surface area contributed by atoms with Crippen molar-refractivity contribution in [1.29, 1.82) is 0 Å². The van der Waals surface area contributed by atoms with Gasteiger partial charge in [-0.1, -0.05) is 48.5 Å². The van der Waals surface area contributed by atoms with Crippen LogP contribution in [0.3, 0.4) is 0 Å². The van der Waals surface area contributed by atoms with Gasteiger partial charge in [-0.3, -0.25) is 0 Å². The number of hydrogen-bond donors (Lipinski definition) is 1. The van der Waals surface area contributed by atoms with Gasteiger partial charge in [0.2, 0.25) is 0 Å². The molecule has 0 unspecified atom stereocenters. The molecule has 1 aromatic heterocycles. The monoisotopic (exact) mass is 276 g/mol. The zero-order chi connectivity index (χ0) is 14.2. The van der Waals surface area contributed by atoms with Gasteiger partial charge in [-0.15, -0.1) is 0 Å². The van der Waals surface area contributed by atoms with Gasteiger partial charge in [0, 0.05) is 35.6 Å². The van der Waals surface area contributed by atoms with Crippen molar-refractivity contribution >= 4 is 10.9 Å². The molecule has 106 valence electrons. The summed E-state index contributed by atoms with van der Waals surface area (Å²) in [4.78, 5) is 6.14. The molecule has 0 saturated heterocycles. The molecule has 0 saturated carbocycles. The van der Waals surface area contributed by atoms with Gasteiger partial charge in [-0.2, -0.15) is 0 Å². The van der Waals surface area contributed by atoms with Crippen LogP contribution in [0.25, 0.3) is 10.9 Å². The summed E-state index contributed by atoms with van der Waals surface area (Å²) in [5, 5.41) is 1.39. The first-order valence-electron chi connectivity index (χ1n) is 7.66. The molecule has 1 atom stereocenters. The van der Waals surface area contributed by atoms with E-state index in [-0.39, 0.29) is 0 Å². The fraction of sp³-hybridized carbons (Fsp3) is 0.263. The Morgan fingerprint density at radius 3 is 2.62 bits per heavy atom. The van der Waals surface area contributed by atoms with Gasteiger partial charge in [0.25, 0.3) is 0 Å². The van der Waals surface area contributed by atoms with Crippen molar-refractivity contribution in [2.45, 2.75) is 12.3 Å². The number of nitrogens with zero attached hydrogens (tertiary/aromatic N) is 1. The molecular formula is C19H20N2. The lowest BCUT2D eigenvalue weighted by molar-refractivity contribution is 0.337. The Morgan fingerprint density at radius 1 is 1.00 bits per heavy atom. The Morgan fingerprint density at radius 2 is 1.76 bits per heavy atom. The van der Waals surface area contributed by atoms with E-state index in [0.29, 0.717) is 5.92 Å². The van der Waals surface area contributed by atoms with Gasteiger partial charge in [-0.05, 0) is 30.7 Å². The van der Waals surface area contributed by atoms with Crippen molar-refractivity contribution in [3.8, 4) is 0 Å². The first-order valence-corrected chi connectivity index (χ1v) is 7.66. The molecule has 21 heavy (non-hydrogen) atoms. The summed E-state index contributed by atoms with van der Waals surface area (Å²) >= 11 is 0. The zero-order valence-electron chi connectivity index (χ0n) is 12.3. The highest BCUT2D eigenvalue weighted by Crippen LogP contribution is 2.34. The summed E-state index contributed by atoms with van der Waals surface area (Å²) in [6.45, 7) is 2.20. The van der Waals surface area contributed by atoms with Crippen molar-refractivity contribution in [1.82, 2.24) is 9.88 Å². The number of rotatable bonds is 1. The van der Waals surface area contributed by atoms with Crippen molar-refractivity contribution in [2.24, 2.45) is 0 Å². The molecule has 2 nitrogen and oxygen atoms in total. The summed E-state index contributed by atoms with van der Waals surface area (Å²) in [5.41, 5.74) is 5.59. The van der Waals surface area contributed by atoms with Gasteiger partial charge in [0.15, 0.2) is 0 Å². The highest BCUT2D eigenvalue weighted by Gasteiger charge is 2.25. The van der Waals surface area contributed by atoms with E-state index in [0.717, 1.165) is 19.5 Å². The number of hydrogen-bond acceptors (Lipinski definition) is 1. The molecule has 0 bridgehead atoms. The fourth-order valence-electron chi connectivity index (χ4n) is 3.54. The molecule has 0 amide bonds. The minimum absolute atomic E-state index is 0.432. The second-order valence-corrected chi connectivity index (χ2v) is 6.04. The quantitative estimate of drug-likeness (QED) is 0.716. The Bertz CT molecular complexity index is 758. The molecule has 4 rings (SSSR count). The Kier molecular flexibility index (Phi) is 3.04. The van der Waals surface area contributed by atoms with E-state index in [1.54, 1.807) is 0 Å². The van der Waals surface area contributed by atoms with Crippen LogP contribution in [0, 0.1) is 0 Å². The first kappa shape index (κ1) is 12.7. The van der Waals surface area contributed by atoms with E-state index >= 15 is 0 Å². The van der Waals surface area contributed by atoms with E-state index in [2.05, 4.69) is 71.5 Å². The molecule has 1 aliphatic heterocycles. The number of benzene rings is 2. The average Bonchev–Trinajstić information content (AvgIpc) is 2.81. The third-order valence-corrected chi connectivity index (χ3v) is 4.63. The molecule has 2 aromatic carbocycles. The molecule has 0 aliphatic carbocycles. The van der Waals surface area contributed by atoms with Crippen LogP contribution in [0.2, 0.25) is 0 Å². The number of nitrogens with one attached hydrogen (secondary N) is 1. The maximum atomic E-state index is 3.70. The van der Waals surface area contributed by atoms with Gasteiger partial charge in [0.05, 0.1) is 0 Å². The number of fused-ring (bicyclic) bond motifs is 3. The molecule has 1 aliphatic rings. The van der Waals surface area contributed by atoms with E-state index in [4.69, 9.17) is 0 Å². The molecule has 0 fully saturated rings. The van der Waals surface area contributed by atoms with E-state index < -0.39 is 0 Å². The minimum atomic E-state index is 0.432. The van der Waals surface area contributed by atoms with Crippen LogP contribution < -0.4 is 0 Å². The van der Waals surface area contributed by atoms with Crippen LogP contribution in [0.15, 0.2) is 54.6 Å². The average molecular weight is 276 g/mol. The Labute approximate surface area is 125 Å². The standard InChI is InChI=1S/C19H20N2/c1-21-12-11-16-15-9-5-6-10-18(15)20-19(16)17(13-21)14-7-3-2-4-8-14/h2-10,17,20H,11-13H2,1H3/t17-/m0/s1. The molecule has 3 aromatic rings. The molecular weight excluding hydrogens is 256 g/mol. The minimum Gasteiger partial charge on any atom is -0.358 e. The lowest BCUT2D eigenvalue weighted by Crippen LogP contribution is -2.24. The second kappa shape index (κ2) is 5.05. The van der Waals surface area contributed by atoms with Crippen LogP contribution >= 0.6 is 0 Å². The molecule has 1 N–H and O–H groups in total. The number of aromatic amines is 1. The Balaban J connectivity index is 1.91. The SMILES string of the molecule is CN1CCc2c([nH]c3ccccc23)[C@H](c2ccccc2)C1. The molecule has 0 radical (unpaired) electrons. The lowest BCUT2D eigenvalue weighted by atomic mass is 9.93. The maximum absolute atomic E-state index is 3.70. The number of likely N-dealkylation sites (N-methyl/N-ethyl adjacent to an activating group) is 1. The van der Waals surface area contributed by atoms with Crippen molar-refractivity contribution in [2.75, 3.05) is 20.1 Å². The summed E-state index contributed by atoms with van der Waals surface area (Å²) in [6.07, 6.45) is 1.12. The lowest BCUT2D eigenvalue weighted by Gasteiger charge is -2.20. The van der Waals surface area contributed by atoms with Crippen LogP contribution in [0.4, 0.5) is 0 Å². The van der Waals surface area contributed by atoms with Crippen LogP contribution in [-0.2, 0) is 6.42 Å². The number of para-hydroxylation sites is 1. The number of aromatic nitrogens is 1. The van der Waals surface area contributed by atoms with E-state index in [9.17, 15) is 0 Å². The van der Waals surface area contributed by atoms with E-state index in [1.807, 2.05) is 0 Å². The first-order chi connectivity index (χ1) is 10.3. The van der Waals surface area contributed by atoms with Crippen LogP contribution in [0.1, 0.15) is 22.7 Å². The normalized spacial score (nSPS) is 19.4. The number of H-pyrrole nitrogens is 1. The third-order valence-electron chi connectivity index (χ3n) is 4.63. The summed E-state index contributed by atoms with van der Waals surface area (Å²) in [5.74, 6) is 0.432. The largest absolute Gasteiger partial charge is 0.358 e. The highest BCUT2D eigenvalue weighted by molar-refractivity contribution is 5.85. The summed E-state index contributed by atoms with van der Waals surface area (Å²) < 4.78 is 0. The van der Waals surface area contributed by atoms with Crippen molar-refractivity contribution < 1.29 is 0 Å². The third kappa shape index (κ3) is 2.16. The predicted octanol–water partition coefficient (Wildman–Crippen LogP) is 3.79. The molecule has 2 heteroatoms. The fourth-order valence-corrected chi connectivity index (χ4v) is 3.54. The smallest absolute Gasteiger partial charge is 0.0459 e. The van der Waals surface area contributed by atoms with Crippen molar-refractivity contribution in [3.05, 3.63) is 71.4 Å². The van der Waals surface area contributed by atoms with Crippen LogP contribution in [-0.4, -0.2) is 30.0 Å². The zero-order valence-corrected chi connectivity index (χ0v) is 12.3. The van der Waals surface area contributed by atoms with Crippen molar-refractivity contribution in [3.63, 3.8) is 0 Å². The highest BCUT2D eigenvalue weighted by atomic mass is 15.1. The van der Waals surface area contributed by atoms with Gasteiger partial charge < -0.3 is 9.88 Å². The predicted molar refractivity (Wildman–Crippen MR) is 87.8 cm³/mol. The second-order valence-electron chi connectivity index (χ2n) is 6.04. The van der Waals surface area contributed by atoms with Gasteiger partial charge in [-0.25, -0.2) is 0 Å². The summed E-state index contributed by atoms with van der Waals surface area (Å²) in [6, 6.07) is 19.6. The molecule has 2 heterocycles.